The van der Waals surface area contributed by atoms with E-state index in [9.17, 15) is 9.59 Å². The molecule has 3 rings (SSSR count). The monoisotopic (exact) mass is 482 g/mol. The third kappa shape index (κ3) is 5.83. The van der Waals surface area contributed by atoms with Crippen molar-refractivity contribution in [2.24, 2.45) is 5.73 Å². The molecule has 2 aromatic rings. The van der Waals surface area contributed by atoms with Gasteiger partial charge in [0.2, 0.25) is 6.41 Å². The number of carbonyl (C=O) groups is 2. The van der Waals surface area contributed by atoms with Gasteiger partial charge in [-0.15, -0.1) is 0 Å². The van der Waals surface area contributed by atoms with Crippen LogP contribution >= 0.6 is 15.9 Å². The number of amides is 2. The van der Waals surface area contributed by atoms with Crippen molar-refractivity contribution in [3.05, 3.63) is 82.2 Å². The summed E-state index contributed by atoms with van der Waals surface area (Å²) in [6, 6.07) is 7.70. The molecule has 1 aliphatic rings. The average molecular weight is 483 g/mol. The maximum absolute atomic E-state index is 12.8. The highest BCUT2D eigenvalue weighted by Gasteiger charge is 2.18. The van der Waals surface area contributed by atoms with Crippen molar-refractivity contribution in [2.45, 2.75) is 38.3 Å². The van der Waals surface area contributed by atoms with Gasteiger partial charge in [0.1, 0.15) is 5.70 Å². The maximum atomic E-state index is 12.8. The van der Waals surface area contributed by atoms with E-state index >= 15 is 0 Å². The molecule has 1 heterocycles. The number of nitrogens with two attached hydrogens (primary N) is 1. The van der Waals surface area contributed by atoms with Gasteiger partial charge in [-0.3, -0.25) is 9.59 Å². The molecule has 0 saturated heterocycles. The van der Waals surface area contributed by atoms with Crippen molar-refractivity contribution >= 4 is 39.2 Å². The Kier molecular flexibility index (Phi) is 7.65. The first-order valence-electron chi connectivity index (χ1n) is 10.2. The van der Waals surface area contributed by atoms with E-state index in [1.165, 1.54) is 0 Å². The highest BCUT2D eigenvalue weighted by Crippen LogP contribution is 2.25. The molecule has 0 aliphatic heterocycles. The lowest BCUT2D eigenvalue weighted by molar-refractivity contribution is -0.119. The van der Waals surface area contributed by atoms with Crippen LogP contribution in [0.3, 0.4) is 0 Å². The van der Waals surface area contributed by atoms with Gasteiger partial charge < -0.3 is 21.4 Å². The molecule has 162 valence electrons. The van der Waals surface area contributed by atoms with Gasteiger partial charge in [0.05, 0.1) is 0 Å². The summed E-state index contributed by atoms with van der Waals surface area (Å²) >= 11 is 3.50. The van der Waals surface area contributed by atoms with Crippen LogP contribution in [0.25, 0.3) is 10.9 Å². The number of hydrogen-bond acceptors (Lipinski definition) is 3. The smallest absolute Gasteiger partial charge is 0.268 e. The zero-order valence-corrected chi connectivity index (χ0v) is 19.0. The summed E-state index contributed by atoms with van der Waals surface area (Å²) in [5.41, 5.74) is 10.00. The number of halogens is 1. The average Bonchev–Trinajstić information content (AvgIpc) is 3.06. The van der Waals surface area contributed by atoms with E-state index in [1.807, 2.05) is 43.5 Å². The zero-order valence-electron chi connectivity index (χ0n) is 17.5. The number of nitrogens with one attached hydrogen (secondary N) is 3. The summed E-state index contributed by atoms with van der Waals surface area (Å²) in [6.45, 7) is 5.99. The van der Waals surface area contributed by atoms with Crippen LogP contribution in [-0.4, -0.2) is 29.4 Å². The van der Waals surface area contributed by atoms with E-state index in [0.29, 0.717) is 18.4 Å². The Morgan fingerprint density at radius 1 is 1.39 bits per heavy atom. The Labute approximate surface area is 190 Å². The lowest BCUT2D eigenvalue weighted by Crippen LogP contribution is -2.38. The largest absolute Gasteiger partial charge is 0.361 e. The summed E-state index contributed by atoms with van der Waals surface area (Å²) in [4.78, 5) is 27.2. The van der Waals surface area contributed by atoms with E-state index in [2.05, 4.69) is 44.2 Å². The molecular weight excluding hydrogens is 456 g/mol. The van der Waals surface area contributed by atoms with Crippen LogP contribution in [-0.2, 0) is 16.0 Å². The van der Waals surface area contributed by atoms with Crippen LogP contribution < -0.4 is 16.4 Å². The highest BCUT2D eigenvalue weighted by molar-refractivity contribution is 9.11. The van der Waals surface area contributed by atoms with Gasteiger partial charge in [-0.1, -0.05) is 52.9 Å². The first kappa shape index (κ1) is 22.8. The van der Waals surface area contributed by atoms with Gasteiger partial charge in [-0.05, 0) is 59.5 Å². The minimum Gasteiger partial charge on any atom is -0.361 e. The van der Waals surface area contributed by atoms with Crippen LogP contribution in [0.15, 0.2) is 76.6 Å². The molecule has 0 saturated carbocycles. The third-order valence-electron chi connectivity index (χ3n) is 5.26. The van der Waals surface area contributed by atoms with E-state index in [0.717, 1.165) is 39.4 Å². The molecular formula is C24H27BrN4O2. The zero-order chi connectivity index (χ0) is 22.4. The molecule has 0 bridgehead atoms. The first-order valence-corrected chi connectivity index (χ1v) is 11.0. The fourth-order valence-corrected chi connectivity index (χ4v) is 4.02. The number of para-hydroxylation sites is 1. The van der Waals surface area contributed by atoms with E-state index < -0.39 is 0 Å². The van der Waals surface area contributed by atoms with Gasteiger partial charge in [0.15, 0.2) is 0 Å². The predicted molar refractivity (Wildman–Crippen MR) is 128 cm³/mol. The summed E-state index contributed by atoms with van der Waals surface area (Å²) in [5, 5.41) is 6.58. The van der Waals surface area contributed by atoms with Crippen molar-refractivity contribution < 1.29 is 9.59 Å². The van der Waals surface area contributed by atoms with Gasteiger partial charge in [0.25, 0.3) is 5.91 Å². The predicted octanol–water partition coefficient (Wildman–Crippen LogP) is 3.73. The summed E-state index contributed by atoms with van der Waals surface area (Å²) in [5.74, 6) is -0.375. The Morgan fingerprint density at radius 3 is 2.94 bits per heavy atom. The molecule has 2 unspecified atom stereocenters. The van der Waals surface area contributed by atoms with Crippen molar-refractivity contribution in [3.8, 4) is 0 Å². The number of rotatable bonds is 8. The topological polar surface area (TPSA) is 100 Å². The molecule has 7 heteroatoms. The normalized spacial score (nSPS) is 17.9. The molecule has 1 aromatic heterocycles. The van der Waals surface area contributed by atoms with Crippen molar-refractivity contribution in [1.29, 1.82) is 0 Å². The Hall–Kier alpha value is -2.90. The summed E-state index contributed by atoms with van der Waals surface area (Å²) in [7, 11) is 0. The van der Waals surface area contributed by atoms with Crippen LogP contribution in [0.2, 0.25) is 0 Å². The number of hydrogen-bond donors (Lipinski definition) is 4. The third-order valence-corrected chi connectivity index (χ3v) is 5.93. The first-order chi connectivity index (χ1) is 14.9. The quantitative estimate of drug-likeness (QED) is 0.262. The standard InChI is InChI=1S/C24H27BrN4O2/c1-15(19-9-7-18(25)8-10-21(19)26)11-23(28-14-30)24(31)29-16(2)12-17-13-27-22-6-4-3-5-20(17)22/h3-7,9,11,13-14,16,21,27H,1,8,10,12,26H2,2H3,(H,28,30)(H,29,31)/b23-11-. The molecule has 5 N–H and O–H groups in total. The molecule has 1 aromatic carbocycles. The fraction of sp³-hybridized carbons (Fsp3) is 0.250. The SMILES string of the molecule is C=C(/C=C(\NC=O)C(=O)NC(C)Cc1c[nH]c2ccccc12)C1=CC=C(Br)CCC1N. The molecule has 1 aliphatic carbocycles. The molecule has 31 heavy (non-hydrogen) atoms. The molecule has 0 radical (unpaired) electrons. The number of benzene rings is 1. The van der Waals surface area contributed by atoms with Crippen molar-refractivity contribution in [3.63, 3.8) is 0 Å². The fourth-order valence-electron chi connectivity index (χ4n) is 3.66. The summed E-state index contributed by atoms with van der Waals surface area (Å²) in [6.07, 6.45) is 10.1. The van der Waals surface area contributed by atoms with Gasteiger partial charge in [-0.25, -0.2) is 0 Å². The van der Waals surface area contributed by atoms with Crippen LogP contribution in [0, 0.1) is 0 Å². The Bertz CT molecular complexity index is 1080. The number of aromatic amines is 1. The molecule has 0 spiro atoms. The van der Waals surface area contributed by atoms with E-state index in [1.54, 1.807) is 6.08 Å². The number of fused-ring (bicyclic) bond motifs is 1. The minimum atomic E-state index is -0.375. The molecule has 2 amide bonds. The highest BCUT2D eigenvalue weighted by atomic mass is 79.9. The molecule has 6 nitrogen and oxygen atoms in total. The molecule has 0 fully saturated rings. The second-order valence-corrected chi connectivity index (χ2v) is 8.68. The van der Waals surface area contributed by atoms with Crippen LogP contribution in [0.4, 0.5) is 0 Å². The number of carbonyl (C=O) groups excluding carboxylic acids is 2. The lowest BCUT2D eigenvalue weighted by atomic mass is 9.97. The van der Waals surface area contributed by atoms with Gasteiger partial charge in [-0.2, -0.15) is 0 Å². The van der Waals surface area contributed by atoms with Crippen molar-refractivity contribution in [2.75, 3.05) is 0 Å². The second kappa shape index (κ2) is 10.4. The van der Waals surface area contributed by atoms with Gasteiger partial charge in [0, 0.05) is 29.2 Å². The number of H-pyrrole nitrogens is 1. The van der Waals surface area contributed by atoms with Crippen molar-refractivity contribution in [1.82, 2.24) is 15.6 Å². The van der Waals surface area contributed by atoms with Crippen LogP contribution in [0.5, 0.6) is 0 Å². The second-order valence-electron chi connectivity index (χ2n) is 7.66. The maximum Gasteiger partial charge on any atom is 0.268 e. The summed E-state index contributed by atoms with van der Waals surface area (Å²) < 4.78 is 1.06. The van der Waals surface area contributed by atoms with E-state index in [4.69, 9.17) is 5.73 Å². The lowest BCUT2D eigenvalue weighted by Gasteiger charge is -2.17. The number of allylic oxidation sites excluding steroid dienone is 4. The molecule has 2 atom stereocenters. The van der Waals surface area contributed by atoms with Crippen LogP contribution in [0.1, 0.15) is 25.3 Å². The minimum absolute atomic E-state index is 0.131. The Balaban J connectivity index is 1.72. The Morgan fingerprint density at radius 2 is 2.16 bits per heavy atom. The number of aromatic nitrogens is 1. The van der Waals surface area contributed by atoms with E-state index in [-0.39, 0.29) is 23.7 Å². The van der Waals surface area contributed by atoms with Gasteiger partial charge >= 0.3 is 0 Å².